The number of methoxy groups -OCH3 is 2. The molecular formula is C44H38O8. The summed E-state index contributed by atoms with van der Waals surface area (Å²) in [6.45, 7) is 5.02. The van der Waals surface area contributed by atoms with E-state index < -0.39 is 11.9 Å². The first-order chi connectivity index (χ1) is 25.4. The molecular weight excluding hydrogens is 656 g/mol. The maximum Gasteiger partial charge on any atom is 0.342 e. The summed E-state index contributed by atoms with van der Waals surface area (Å²) in [4.78, 5) is 26.5. The second-order valence-corrected chi connectivity index (χ2v) is 12.3. The molecule has 0 saturated heterocycles. The zero-order valence-electron chi connectivity index (χ0n) is 29.5. The molecule has 0 fully saturated rings. The summed E-state index contributed by atoms with van der Waals surface area (Å²) in [5, 5.41) is 3.86. The van der Waals surface area contributed by atoms with Gasteiger partial charge in [-0.2, -0.15) is 0 Å². The third-order valence-corrected chi connectivity index (χ3v) is 8.92. The Hall–Kier alpha value is -5.96. The van der Waals surface area contributed by atoms with Crippen LogP contribution in [0.25, 0.3) is 66.8 Å². The molecule has 7 aromatic rings. The first kappa shape index (κ1) is 34.5. The van der Waals surface area contributed by atoms with Crippen molar-refractivity contribution in [3.05, 3.63) is 131 Å². The van der Waals surface area contributed by atoms with Crippen LogP contribution in [-0.2, 0) is 32.2 Å². The van der Waals surface area contributed by atoms with E-state index in [9.17, 15) is 9.59 Å². The highest BCUT2D eigenvalue weighted by Gasteiger charge is 2.24. The molecule has 0 aliphatic heterocycles. The number of hydrogen-bond acceptors (Lipinski definition) is 8. The number of carbonyl (C=O) groups excluding carboxylic acids is 2. The molecule has 2 aromatic heterocycles. The molecule has 5 aromatic carbocycles. The molecule has 262 valence electrons. The summed E-state index contributed by atoms with van der Waals surface area (Å²) in [5.74, 6) is 1.02. The highest BCUT2D eigenvalue weighted by atomic mass is 16.5. The van der Waals surface area contributed by atoms with Crippen LogP contribution in [0.2, 0.25) is 0 Å². The van der Waals surface area contributed by atoms with E-state index in [0.29, 0.717) is 47.4 Å². The fourth-order valence-electron chi connectivity index (χ4n) is 6.41. The van der Waals surface area contributed by atoms with E-state index >= 15 is 0 Å². The van der Waals surface area contributed by atoms with Gasteiger partial charge in [0.1, 0.15) is 34.2 Å². The highest BCUT2D eigenvalue weighted by molar-refractivity contribution is 6.11. The van der Waals surface area contributed by atoms with E-state index in [2.05, 4.69) is 12.1 Å². The summed E-state index contributed by atoms with van der Waals surface area (Å²) >= 11 is 0. The minimum Gasteiger partial charge on any atom is -0.462 e. The summed E-state index contributed by atoms with van der Waals surface area (Å²) in [7, 11) is 3.31. The minimum absolute atomic E-state index is 0.233. The molecule has 0 spiro atoms. The number of ether oxygens (including phenoxy) is 4. The van der Waals surface area contributed by atoms with E-state index in [4.69, 9.17) is 27.8 Å². The van der Waals surface area contributed by atoms with E-state index in [0.717, 1.165) is 54.9 Å². The zero-order valence-corrected chi connectivity index (χ0v) is 29.5. The van der Waals surface area contributed by atoms with Crippen LogP contribution in [-0.4, -0.2) is 39.4 Å². The van der Waals surface area contributed by atoms with Crippen molar-refractivity contribution < 1.29 is 37.4 Å². The normalized spacial score (nSPS) is 11.3. The van der Waals surface area contributed by atoms with Gasteiger partial charge in [-0.25, -0.2) is 9.59 Å². The van der Waals surface area contributed by atoms with Gasteiger partial charge in [0.25, 0.3) is 0 Å². The molecule has 0 unspecified atom stereocenters. The second-order valence-electron chi connectivity index (χ2n) is 12.3. The summed E-state index contributed by atoms with van der Waals surface area (Å²) in [5.41, 5.74) is 5.84. The number of benzene rings is 5. The lowest BCUT2D eigenvalue weighted by Crippen LogP contribution is -2.04. The lowest BCUT2D eigenvalue weighted by molar-refractivity contribution is 0.0517. The van der Waals surface area contributed by atoms with Gasteiger partial charge in [-0.3, -0.25) is 0 Å². The van der Waals surface area contributed by atoms with Crippen molar-refractivity contribution in [3.8, 4) is 45.3 Å². The van der Waals surface area contributed by atoms with Crippen LogP contribution in [0.4, 0.5) is 0 Å². The Morgan fingerprint density at radius 3 is 1.23 bits per heavy atom. The second kappa shape index (κ2) is 15.1. The predicted molar refractivity (Wildman–Crippen MR) is 201 cm³/mol. The molecule has 8 heteroatoms. The van der Waals surface area contributed by atoms with Crippen LogP contribution < -0.4 is 0 Å². The largest absolute Gasteiger partial charge is 0.462 e. The number of rotatable bonds is 12. The SMILES string of the molecule is CCOC(=O)c1cc(-c2ccc(COC)cc2)oc1-c1ccc2ccc3ccc(-c4oc(-c5ccc(COC)cc5)cc4C(=O)OCC)cc3c2c1. The average molecular weight is 695 g/mol. The number of hydrogen-bond donors (Lipinski definition) is 0. The quantitative estimate of drug-likeness (QED) is 0.0921. The summed E-state index contributed by atoms with van der Waals surface area (Å²) in [6, 6.07) is 35.2. The Bertz CT molecular complexity index is 2210. The predicted octanol–water partition coefficient (Wildman–Crippen LogP) is 10.5. The molecule has 7 rings (SSSR count). The lowest BCUT2D eigenvalue weighted by atomic mass is 9.96. The summed E-state index contributed by atoms with van der Waals surface area (Å²) < 4.78 is 34.3. The van der Waals surface area contributed by atoms with Crippen molar-refractivity contribution in [2.24, 2.45) is 0 Å². The standard InChI is InChI=1S/C44H38O8/c1-5-49-43(45)37-23-39(31-11-7-27(8-12-31)25-47-3)51-41(37)33-19-17-29-15-16-30-18-20-34(22-36(30)35(29)21-33)42-38(44(46)50-6-2)24-40(52-42)32-13-9-28(10-14-32)26-48-4/h7-24H,5-6,25-26H2,1-4H3. The molecule has 2 heterocycles. The molecule has 0 aliphatic rings. The van der Waals surface area contributed by atoms with Gasteiger partial charge in [0, 0.05) is 36.5 Å². The maximum atomic E-state index is 13.2. The van der Waals surface area contributed by atoms with Crippen LogP contribution in [0.15, 0.2) is 118 Å². The van der Waals surface area contributed by atoms with Crippen LogP contribution in [0.5, 0.6) is 0 Å². The van der Waals surface area contributed by atoms with Crippen molar-refractivity contribution in [2.45, 2.75) is 27.1 Å². The Balaban J connectivity index is 1.34. The monoisotopic (exact) mass is 694 g/mol. The number of fused-ring (bicyclic) bond motifs is 3. The molecule has 0 saturated carbocycles. The Kier molecular flexibility index (Phi) is 10.0. The molecule has 0 bridgehead atoms. The van der Waals surface area contributed by atoms with Gasteiger partial charge in [0.05, 0.1) is 26.4 Å². The molecule has 0 N–H and O–H groups in total. The Labute approximate surface area is 301 Å². The molecule has 52 heavy (non-hydrogen) atoms. The number of esters is 2. The first-order valence-electron chi connectivity index (χ1n) is 17.2. The van der Waals surface area contributed by atoms with Crippen molar-refractivity contribution in [3.63, 3.8) is 0 Å². The van der Waals surface area contributed by atoms with E-state index in [-0.39, 0.29) is 13.2 Å². The fourth-order valence-corrected chi connectivity index (χ4v) is 6.41. The number of carbonyl (C=O) groups is 2. The van der Waals surface area contributed by atoms with Gasteiger partial charge in [-0.1, -0.05) is 84.9 Å². The molecule has 0 atom stereocenters. The Morgan fingerprint density at radius 1 is 0.500 bits per heavy atom. The fraction of sp³-hybridized carbons (Fsp3) is 0.182. The topological polar surface area (TPSA) is 97.3 Å². The molecule has 8 nitrogen and oxygen atoms in total. The van der Waals surface area contributed by atoms with Gasteiger partial charge < -0.3 is 27.8 Å². The first-order valence-corrected chi connectivity index (χ1v) is 17.2. The van der Waals surface area contributed by atoms with E-state index in [1.165, 1.54) is 0 Å². The maximum absolute atomic E-state index is 13.2. The minimum atomic E-state index is -0.461. The van der Waals surface area contributed by atoms with Gasteiger partial charge >= 0.3 is 11.9 Å². The van der Waals surface area contributed by atoms with E-state index in [1.54, 1.807) is 40.2 Å². The smallest absolute Gasteiger partial charge is 0.342 e. The van der Waals surface area contributed by atoms with Crippen LogP contribution in [0, 0.1) is 0 Å². The lowest BCUT2D eigenvalue weighted by Gasteiger charge is -2.09. The van der Waals surface area contributed by atoms with Crippen LogP contribution >= 0.6 is 0 Å². The van der Waals surface area contributed by atoms with Gasteiger partial charge in [0.2, 0.25) is 0 Å². The number of furan rings is 2. The highest BCUT2D eigenvalue weighted by Crippen LogP contribution is 2.39. The molecule has 0 radical (unpaired) electrons. The van der Waals surface area contributed by atoms with Crippen molar-refractivity contribution in [1.82, 2.24) is 0 Å². The van der Waals surface area contributed by atoms with Gasteiger partial charge in [-0.05, 0) is 70.8 Å². The van der Waals surface area contributed by atoms with Gasteiger partial charge in [0.15, 0.2) is 0 Å². The van der Waals surface area contributed by atoms with Crippen molar-refractivity contribution in [1.29, 1.82) is 0 Å². The average Bonchev–Trinajstić information content (AvgIpc) is 3.82. The van der Waals surface area contributed by atoms with Crippen molar-refractivity contribution in [2.75, 3.05) is 27.4 Å². The molecule has 0 amide bonds. The molecule has 0 aliphatic carbocycles. The Morgan fingerprint density at radius 2 is 0.865 bits per heavy atom. The third-order valence-electron chi connectivity index (χ3n) is 8.92. The zero-order chi connectivity index (χ0) is 36.2. The van der Waals surface area contributed by atoms with Crippen molar-refractivity contribution >= 4 is 33.5 Å². The third kappa shape index (κ3) is 6.86. The van der Waals surface area contributed by atoms with Gasteiger partial charge in [-0.15, -0.1) is 0 Å². The summed E-state index contributed by atoms with van der Waals surface area (Å²) in [6.07, 6.45) is 0. The van der Waals surface area contributed by atoms with Crippen LogP contribution in [0.3, 0.4) is 0 Å². The van der Waals surface area contributed by atoms with Crippen LogP contribution in [0.1, 0.15) is 45.7 Å². The van der Waals surface area contributed by atoms with E-state index in [1.807, 2.05) is 84.9 Å².